The molecule has 0 heterocycles. The van der Waals surface area contributed by atoms with Crippen molar-refractivity contribution in [1.82, 2.24) is 0 Å². The van der Waals surface area contributed by atoms with Gasteiger partial charge in [-0.1, -0.05) is 6.92 Å². The van der Waals surface area contributed by atoms with Crippen molar-refractivity contribution in [2.45, 2.75) is 32.6 Å². The van der Waals surface area contributed by atoms with E-state index < -0.39 is 0 Å². The fourth-order valence-corrected chi connectivity index (χ4v) is 1.55. The number of unbranched alkanes of at least 4 members (excludes halogenated alkanes) is 1. The van der Waals surface area contributed by atoms with Gasteiger partial charge in [-0.05, 0) is 18.6 Å². The number of rotatable bonds is 8. The minimum absolute atomic E-state index is 0.205. The molecule has 72 valence electrons. The highest BCUT2D eigenvalue weighted by Crippen LogP contribution is 2.05. The predicted octanol–water partition coefficient (Wildman–Crippen LogP) is 1.86. The predicted molar refractivity (Wildman–Crippen MR) is 53.6 cm³/mol. The molecule has 0 bridgehead atoms. The average Bonchev–Trinajstić information content (AvgIpc) is 2.06. The standard InChI is InChI=1S/C9H18O2S/c1-2-12-8-6-9(11)5-3-4-7-10/h10H,2-8H2,1H3. The molecule has 0 fully saturated rings. The van der Waals surface area contributed by atoms with Crippen molar-refractivity contribution in [2.24, 2.45) is 0 Å². The first-order chi connectivity index (χ1) is 5.81. The van der Waals surface area contributed by atoms with Crippen molar-refractivity contribution in [2.75, 3.05) is 18.1 Å². The summed E-state index contributed by atoms with van der Waals surface area (Å²) in [5, 5.41) is 8.48. The van der Waals surface area contributed by atoms with Crippen molar-refractivity contribution in [3.05, 3.63) is 0 Å². The minimum Gasteiger partial charge on any atom is -0.396 e. The zero-order chi connectivity index (χ0) is 9.23. The lowest BCUT2D eigenvalue weighted by molar-refractivity contribution is -0.118. The van der Waals surface area contributed by atoms with Crippen LogP contribution in [0.25, 0.3) is 0 Å². The van der Waals surface area contributed by atoms with E-state index in [0.717, 1.165) is 24.3 Å². The summed E-state index contributed by atoms with van der Waals surface area (Å²) in [6.45, 7) is 2.30. The van der Waals surface area contributed by atoms with E-state index in [0.29, 0.717) is 18.6 Å². The molecule has 0 unspecified atom stereocenters. The highest BCUT2D eigenvalue weighted by Gasteiger charge is 2.00. The molecule has 2 nitrogen and oxygen atoms in total. The van der Waals surface area contributed by atoms with Crippen LogP contribution in [0, 0.1) is 0 Å². The van der Waals surface area contributed by atoms with Crippen molar-refractivity contribution >= 4 is 17.5 Å². The second-order valence-electron chi connectivity index (χ2n) is 2.67. The second kappa shape index (κ2) is 9.07. The van der Waals surface area contributed by atoms with Crippen LogP contribution in [0.2, 0.25) is 0 Å². The number of aliphatic hydroxyl groups excluding tert-OH is 1. The number of aliphatic hydroxyl groups is 1. The minimum atomic E-state index is 0.205. The fourth-order valence-electron chi connectivity index (χ4n) is 0.889. The number of hydrogen-bond acceptors (Lipinski definition) is 3. The topological polar surface area (TPSA) is 37.3 Å². The van der Waals surface area contributed by atoms with E-state index in [2.05, 4.69) is 6.92 Å². The van der Waals surface area contributed by atoms with E-state index in [1.165, 1.54) is 0 Å². The van der Waals surface area contributed by atoms with Crippen LogP contribution in [0.3, 0.4) is 0 Å². The first-order valence-electron chi connectivity index (χ1n) is 4.51. The highest BCUT2D eigenvalue weighted by molar-refractivity contribution is 7.99. The van der Waals surface area contributed by atoms with Gasteiger partial charge in [0.25, 0.3) is 0 Å². The van der Waals surface area contributed by atoms with Gasteiger partial charge in [0.05, 0.1) is 0 Å². The Bertz CT molecular complexity index is 103. The molecule has 1 N–H and O–H groups in total. The Hall–Kier alpha value is -0.0200. The number of thioether (sulfide) groups is 1. The summed E-state index contributed by atoms with van der Waals surface area (Å²) in [6, 6.07) is 0. The Kier molecular flexibility index (Phi) is 9.06. The van der Waals surface area contributed by atoms with Gasteiger partial charge in [0.1, 0.15) is 5.78 Å². The Morgan fingerprint density at radius 3 is 2.67 bits per heavy atom. The van der Waals surface area contributed by atoms with Gasteiger partial charge in [0, 0.05) is 25.2 Å². The molecule has 0 saturated heterocycles. The molecule has 3 heteroatoms. The maximum absolute atomic E-state index is 11.1. The molecule has 0 aliphatic carbocycles. The van der Waals surface area contributed by atoms with Gasteiger partial charge in [-0.3, -0.25) is 4.79 Å². The lowest BCUT2D eigenvalue weighted by Gasteiger charge is -1.98. The quantitative estimate of drug-likeness (QED) is 0.594. The summed E-state index contributed by atoms with van der Waals surface area (Å²) < 4.78 is 0. The summed E-state index contributed by atoms with van der Waals surface area (Å²) in [7, 11) is 0. The van der Waals surface area contributed by atoms with Crippen molar-refractivity contribution < 1.29 is 9.90 Å². The van der Waals surface area contributed by atoms with Crippen molar-refractivity contribution in [1.29, 1.82) is 0 Å². The van der Waals surface area contributed by atoms with Gasteiger partial charge in [-0.15, -0.1) is 0 Å². The maximum Gasteiger partial charge on any atom is 0.133 e. The van der Waals surface area contributed by atoms with Gasteiger partial charge in [-0.25, -0.2) is 0 Å². The van der Waals surface area contributed by atoms with E-state index >= 15 is 0 Å². The fraction of sp³-hybridized carbons (Fsp3) is 0.889. The van der Waals surface area contributed by atoms with Gasteiger partial charge < -0.3 is 5.11 Å². The number of carbonyl (C=O) groups is 1. The van der Waals surface area contributed by atoms with E-state index in [9.17, 15) is 4.79 Å². The SMILES string of the molecule is CCSCCC(=O)CCCCO. The van der Waals surface area contributed by atoms with E-state index in [1.54, 1.807) is 11.8 Å². The lowest BCUT2D eigenvalue weighted by Crippen LogP contribution is -2.00. The van der Waals surface area contributed by atoms with Gasteiger partial charge in [0.15, 0.2) is 0 Å². The summed E-state index contributed by atoms with van der Waals surface area (Å²) in [6.07, 6.45) is 2.94. The first kappa shape index (κ1) is 12.0. The average molecular weight is 190 g/mol. The molecule has 0 aromatic carbocycles. The monoisotopic (exact) mass is 190 g/mol. The molecule has 0 aromatic rings. The zero-order valence-corrected chi connectivity index (χ0v) is 8.53. The van der Waals surface area contributed by atoms with E-state index in [-0.39, 0.29) is 6.61 Å². The van der Waals surface area contributed by atoms with Crippen LogP contribution in [0.4, 0.5) is 0 Å². The van der Waals surface area contributed by atoms with E-state index in [1.807, 2.05) is 0 Å². The molecule has 0 amide bonds. The Balaban J connectivity index is 3.10. The zero-order valence-electron chi connectivity index (χ0n) is 7.71. The van der Waals surface area contributed by atoms with E-state index in [4.69, 9.17) is 5.11 Å². The summed E-state index contributed by atoms with van der Waals surface area (Å²) in [5.74, 6) is 2.38. The Morgan fingerprint density at radius 1 is 1.33 bits per heavy atom. The lowest BCUT2D eigenvalue weighted by atomic mass is 10.1. The number of hydrogen-bond donors (Lipinski definition) is 1. The third-order valence-electron chi connectivity index (χ3n) is 1.59. The molecular formula is C9H18O2S. The van der Waals surface area contributed by atoms with Crippen molar-refractivity contribution in [3.8, 4) is 0 Å². The third kappa shape index (κ3) is 8.08. The van der Waals surface area contributed by atoms with Crippen LogP contribution in [0.5, 0.6) is 0 Å². The number of Topliss-reactive ketones (excluding diaryl/α,β-unsaturated/α-hetero) is 1. The van der Waals surface area contributed by atoms with Crippen LogP contribution in [-0.4, -0.2) is 29.0 Å². The van der Waals surface area contributed by atoms with Crippen LogP contribution in [0.1, 0.15) is 32.6 Å². The molecule has 0 atom stereocenters. The molecule has 0 spiro atoms. The van der Waals surface area contributed by atoms with Gasteiger partial charge >= 0.3 is 0 Å². The van der Waals surface area contributed by atoms with Gasteiger partial charge in [0.2, 0.25) is 0 Å². The van der Waals surface area contributed by atoms with Crippen LogP contribution in [0.15, 0.2) is 0 Å². The molecule has 0 aromatic heterocycles. The second-order valence-corrected chi connectivity index (χ2v) is 4.06. The summed E-state index contributed by atoms with van der Waals surface area (Å²) in [5.41, 5.74) is 0. The van der Waals surface area contributed by atoms with Crippen LogP contribution >= 0.6 is 11.8 Å². The van der Waals surface area contributed by atoms with Crippen LogP contribution in [-0.2, 0) is 4.79 Å². The molecule has 0 aliphatic heterocycles. The molecule has 0 aliphatic rings. The normalized spacial score (nSPS) is 10.2. The Labute approximate surface area is 78.7 Å². The maximum atomic E-state index is 11.1. The van der Waals surface area contributed by atoms with Crippen LogP contribution < -0.4 is 0 Å². The Morgan fingerprint density at radius 2 is 2.08 bits per heavy atom. The molecule has 0 rings (SSSR count). The molecule has 0 radical (unpaired) electrons. The van der Waals surface area contributed by atoms with Gasteiger partial charge in [-0.2, -0.15) is 11.8 Å². The van der Waals surface area contributed by atoms with Crippen molar-refractivity contribution in [3.63, 3.8) is 0 Å². The highest BCUT2D eigenvalue weighted by atomic mass is 32.2. The first-order valence-corrected chi connectivity index (χ1v) is 5.67. The number of carbonyl (C=O) groups excluding carboxylic acids is 1. The summed E-state index contributed by atoms with van der Waals surface area (Å²) >= 11 is 1.81. The molecule has 12 heavy (non-hydrogen) atoms. The number of ketones is 1. The third-order valence-corrected chi connectivity index (χ3v) is 2.49. The molecular weight excluding hydrogens is 172 g/mol. The summed E-state index contributed by atoms with van der Waals surface area (Å²) in [4.78, 5) is 11.1. The molecule has 0 saturated carbocycles. The smallest absolute Gasteiger partial charge is 0.133 e. The largest absolute Gasteiger partial charge is 0.396 e.